The fraction of sp³-hybridized carbons (Fsp3) is 0.857. The summed E-state index contributed by atoms with van der Waals surface area (Å²) in [6.45, 7) is 4.60. The molecule has 0 spiro atoms. The fourth-order valence-electron chi connectivity index (χ4n) is 2.76. The van der Waals surface area contributed by atoms with Crippen LogP contribution in [-0.2, 0) is 9.53 Å². The minimum absolute atomic E-state index is 0.0339. The zero-order valence-electron chi connectivity index (χ0n) is 15.8. The fourth-order valence-corrected chi connectivity index (χ4v) is 2.76. The Kier molecular flexibility index (Phi) is 18.6. The van der Waals surface area contributed by atoms with E-state index >= 15 is 0 Å². The smallest absolute Gasteiger partial charge is 0.305 e. The van der Waals surface area contributed by atoms with Crippen molar-refractivity contribution in [1.29, 1.82) is 0 Å². The van der Waals surface area contributed by atoms with Crippen LogP contribution in [0.15, 0.2) is 12.2 Å². The van der Waals surface area contributed by atoms with Gasteiger partial charge in [-0.15, -0.1) is 0 Å². The summed E-state index contributed by atoms with van der Waals surface area (Å²) >= 11 is 0. The van der Waals surface area contributed by atoms with Gasteiger partial charge in [0.25, 0.3) is 0 Å². The van der Waals surface area contributed by atoms with Crippen molar-refractivity contribution in [2.24, 2.45) is 0 Å². The molecule has 0 heterocycles. The zero-order chi connectivity index (χ0) is 17.0. The molecule has 2 heteroatoms. The van der Waals surface area contributed by atoms with Gasteiger partial charge in [0.2, 0.25) is 0 Å². The van der Waals surface area contributed by atoms with E-state index in [9.17, 15) is 4.79 Å². The number of ether oxygens (including phenoxy) is 1. The zero-order valence-corrected chi connectivity index (χ0v) is 15.8. The van der Waals surface area contributed by atoms with Crippen molar-refractivity contribution in [3.05, 3.63) is 12.2 Å². The van der Waals surface area contributed by atoms with Gasteiger partial charge < -0.3 is 4.74 Å². The second-order valence-electron chi connectivity index (χ2n) is 6.49. The molecule has 0 aliphatic rings. The van der Waals surface area contributed by atoms with Crippen LogP contribution in [0.1, 0.15) is 110 Å². The number of unbranched alkanes of at least 4 members (excludes halogenated alkanes) is 12. The van der Waals surface area contributed by atoms with Gasteiger partial charge in [-0.05, 0) is 32.6 Å². The van der Waals surface area contributed by atoms with Crippen molar-refractivity contribution in [1.82, 2.24) is 0 Å². The number of rotatable bonds is 17. The molecule has 136 valence electrons. The topological polar surface area (TPSA) is 26.3 Å². The van der Waals surface area contributed by atoms with E-state index in [1.807, 2.05) is 6.92 Å². The molecule has 2 nitrogen and oxygen atoms in total. The molecular formula is C21H40O2. The van der Waals surface area contributed by atoms with E-state index in [0.29, 0.717) is 13.0 Å². The molecule has 0 bridgehead atoms. The first-order valence-electron chi connectivity index (χ1n) is 10.1. The van der Waals surface area contributed by atoms with Crippen LogP contribution in [0.5, 0.6) is 0 Å². The Hall–Kier alpha value is -0.790. The molecule has 0 N–H and O–H groups in total. The highest BCUT2D eigenvalue weighted by Gasteiger charge is 2.00. The Morgan fingerprint density at radius 1 is 0.696 bits per heavy atom. The summed E-state index contributed by atoms with van der Waals surface area (Å²) in [7, 11) is 0. The third-order valence-corrected chi connectivity index (χ3v) is 4.18. The first-order chi connectivity index (χ1) is 11.3. The summed E-state index contributed by atoms with van der Waals surface area (Å²) < 4.78 is 4.92. The van der Waals surface area contributed by atoms with Crippen molar-refractivity contribution in [2.45, 2.75) is 110 Å². The van der Waals surface area contributed by atoms with E-state index < -0.39 is 0 Å². The predicted molar refractivity (Wildman–Crippen MR) is 101 cm³/mol. The summed E-state index contributed by atoms with van der Waals surface area (Å²) in [6.07, 6.45) is 23.5. The number of carbonyl (C=O) groups excluding carboxylic acids is 1. The van der Waals surface area contributed by atoms with E-state index in [4.69, 9.17) is 4.74 Å². The molecule has 0 amide bonds. The molecule has 0 unspecified atom stereocenters. The Labute approximate surface area is 145 Å². The molecule has 0 saturated heterocycles. The molecule has 23 heavy (non-hydrogen) atoms. The van der Waals surface area contributed by atoms with Gasteiger partial charge in [0.1, 0.15) is 0 Å². The molecule has 0 aromatic heterocycles. The Balaban J connectivity index is 3.06. The van der Waals surface area contributed by atoms with Gasteiger partial charge >= 0.3 is 5.97 Å². The van der Waals surface area contributed by atoms with Crippen LogP contribution in [0.3, 0.4) is 0 Å². The van der Waals surface area contributed by atoms with Crippen LogP contribution < -0.4 is 0 Å². The number of carbonyl (C=O) groups is 1. The minimum Gasteiger partial charge on any atom is -0.466 e. The van der Waals surface area contributed by atoms with E-state index in [2.05, 4.69) is 19.1 Å². The van der Waals surface area contributed by atoms with Crippen LogP contribution in [-0.4, -0.2) is 12.6 Å². The molecule has 0 radical (unpaired) electrons. The lowest BCUT2D eigenvalue weighted by Gasteiger charge is -2.03. The molecule has 0 aliphatic carbocycles. The normalized spacial score (nSPS) is 11.2. The van der Waals surface area contributed by atoms with Gasteiger partial charge in [-0.2, -0.15) is 0 Å². The van der Waals surface area contributed by atoms with Gasteiger partial charge in [0.05, 0.1) is 6.61 Å². The molecule has 0 aromatic rings. The maximum Gasteiger partial charge on any atom is 0.305 e. The van der Waals surface area contributed by atoms with Gasteiger partial charge in [0.15, 0.2) is 0 Å². The van der Waals surface area contributed by atoms with Crippen LogP contribution in [0.25, 0.3) is 0 Å². The highest BCUT2D eigenvalue weighted by atomic mass is 16.5. The van der Waals surface area contributed by atoms with Crippen molar-refractivity contribution in [3.8, 4) is 0 Å². The molecule has 0 atom stereocenters. The van der Waals surface area contributed by atoms with E-state index in [1.165, 1.54) is 83.5 Å². The summed E-state index contributed by atoms with van der Waals surface area (Å²) in [5, 5.41) is 0. The average molecular weight is 325 g/mol. The van der Waals surface area contributed by atoms with Crippen LogP contribution in [0.2, 0.25) is 0 Å². The van der Waals surface area contributed by atoms with Crippen molar-refractivity contribution in [3.63, 3.8) is 0 Å². The number of hydrogen-bond donors (Lipinski definition) is 0. The predicted octanol–water partition coefficient (Wildman–Crippen LogP) is 6.98. The monoisotopic (exact) mass is 324 g/mol. The van der Waals surface area contributed by atoms with Gasteiger partial charge in [-0.25, -0.2) is 0 Å². The Morgan fingerprint density at radius 2 is 1.17 bits per heavy atom. The van der Waals surface area contributed by atoms with E-state index in [-0.39, 0.29) is 5.97 Å². The van der Waals surface area contributed by atoms with Crippen molar-refractivity contribution >= 4 is 5.97 Å². The second-order valence-corrected chi connectivity index (χ2v) is 6.49. The van der Waals surface area contributed by atoms with Crippen LogP contribution in [0.4, 0.5) is 0 Å². The molecule has 0 saturated carbocycles. The molecule has 0 fully saturated rings. The lowest BCUT2D eigenvalue weighted by Crippen LogP contribution is -2.03. The summed E-state index contributed by atoms with van der Waals surface area (Å²) in [4.78, 5) is 11.2. The van der Waals surface area contributed by atoms with Gasteiger partial charge in [-0.3, -0.25) is 4.79 Å². The lowest BCUT2D eigenvalue weighted by atomic mass is 10.0. The summed E-state index contributed by atoms with van der Waals surface area (Å²) in [5.74, 6) is -0.0339. The molecule has 0 aliphatic heterocycles. The summed E-state index contributed by atoms with van der Waals surface area (Å²) in [5.41, 5.74) is 0. The maximum atomic E-state index is 11.2. The average Bonchev–Trinajstić information content (AvgIpc) is 2.54. The van der Waals surface area contributed by atoms with Gasteiger partial charge in [-0.1, -0.05) is 83.3 Å². The molecule has 0 rings (SSSR count). The van der Waals surface area contributed by atoms with E-state index in [0.717, 1.165) is 6.42 Å². The third-order valence-electron chi connectivity index (χ3n) is 4.18. The lowest BCUT2D eigenvalue weighted by molar-refractivity contribution is -0.143. The van der Waals surface area contributed by atoms with E-state index in [1.54, 1.807) is 0 Å². The Bertz CT molecular complexity index is 271. The largest absolute Gasteiger partial charge is 0.466 e. The highest BCUT2D eigenvalue weighted by molar-refractivity contribution is 5.69. The first kappa shape index (κ1) is 22.2. The molecular weight excluding hydrogens is 284 g/mol. The number of allylic oxidation sites excluding steroid dienone is 2. The highest BCUT2D eigenvalue weighted by Crippen LogP contribution is 2.12. The van der Waals surface area contributed by atoms with Gasteiger partial charge in [0, 0.05) is 6.42 Å². The Morgan fingerprint density at radius 3 is 1.70 bits per heavy atom. The second kappa shape index (κ2) is 19.3. The number of hydrogen-bond acceptors (Lipinski definition) is 2. The standard InChI is InChI=1S/C21H40O2/c1-3-5-6-7-8-9-10-11-12-13-14-15-16-17-18-19-20-21(22)23-4-2/h6-7H,3-5,8-20H2,1-2H3. The maximum absolute atomic E-state index is 11.2. The van der Waals surface area contributed by atoms with Crippen LogP contribution in [0, 0.1) is 0 Å². The quantitative estimate of drug-likeness (QED) is 0.164. The van der Waals surface area contributed by atoms with Crippen molar-refractivity contribution in [2.75, 3.05) is 6.61 Å². The van der Waals surface area contributed by atoms with Crippen LogP contribution >= 0.6 is 0 Å². The summed E-state index contributed by atoms with van der Waals surface area (Å²) in [6, 6.07) is 0. The first-order valence-corrected chi connectivity index (χ1v) is 10.1. The SMILES string of the molecule is CCCC=CCCCCCCCCCCCCCC(=O)OCC. The number of esters is 1. The molecule has 0 aromatic carbocycles. The van der Waals surface area contributed by atoms with Crippen molar-refractivity contribution < 1.29 is 9.53 Å². The minimum atomic E-state index is -0.0339. The third kappa shape index (κ3) is 19.2.